The highest BCUT2D eigenvalue weighted by Crippen LogP contribution is 2.07. The number of hydrogen-bond donors (Lipinski definition) is 0. The standard InChI is InChI=1S/C14H14O4/c1-17-13(15)10-12(14(16)18-2)9-8-11-6-4-3-5-7-11/h3-10H,1-2H3/b9-8+,12-10-. The molecule has 18 heavy (non-hydrogen) atoms. The first kappa shape index (κ1) is 13.7. The van der Waals surface area contributed by atoms with E-state index in [1.807, 2.05) is 30.3 Å². The van der Waals surface area contributed by atoms with Crippen molar-refractivity contribution >= 4 is 18.0 Å². The van der Waals surface area contributed by atoms with Gasteiger partial charge in [-0.05, 0) is 11.6 Å². The van der Waals surface area contributed by atoms with Gasteiger partial charge in [-0.25, -0.2) is 9.59 Å². The smallest absolute Gasteiger partial charge is 0.338 e. The van der Waals surface area contributed by atoms with Crippen molar-refractivity contribution in [2.75, 3.05) is 14.2 Å². The molecule has 0 saturated heterocycles. The van der Waals surface area contributed by atoms with Crippen LogP contribution < -0.4 is 0 Å². The molecule has 0 aliphatic carbocycles. The number of rotatable bonds is 4. The Labute approximate surface area is 106 Å². The molecular weight excluding hydrogens is 232 g/mol. The summed E-state index contributed by atoms with van der Waals surface area (Å²) < 4.78 is 9.05. The molecule has 0 saturated carbocycles. The first-order valence-electron chi connectivity index (χ1n) is 5.28. The first-order chi connectivity index (χ1) is 8.67. The number of hydrogen-bond acceptors (Lipinski definition) is 4. The van der Waals surface area contributed by atoms with E-state index >= 15 is 0 Å². The van der Waals surface area contributed by atoms with Crippen molar-refractivity contribution in [3.63, 3.8) is 0 Å². The van der Waals surface area contributed by atoms with Gasteiger partial charge in [0.2, 0.25) is 0 Å². The summed E-state index contributed by atoms with van der Waals surface area (Å²) in [5.74, 6) is -1.19. The summed E-state index contributed by atoms with van der Waals surface area (Å²) in [7, 11) is 2.50. The van der Waals surface area contributed by atoms with E-state index in [0.717, 1.165) is 11.6 Å². The van der Waals surface area contributed by atoms with E-state index in [2.05, 4.69) is 9.47 Å². The molecule has 0 atom stereocenters. The fraction of sp³-hybridized carbons (Fsp3) is 0.143. The molecule has 1 aromatic carbocycles. The maximum atomic E-state index is 11.4. The Morgan fingerprint density at radius 2 is 1.72 bits per heavy atom. The van der Waals surface area contributed by atoms with E-state index < -0.39 is 11.9 Å². The summed E-state index contributed by atoms with van der Waals surface area (Å²) in [6.07, 6.45) is 4.31. The molecule has 1 aromatic rings. The van der Waals surface area contributed by atoms with E-state index in [9.17, 15) is 9.59 Å². The molecule has 0 radical (unpaired) electrons. The van der Waals surface area contributed by atoms with Crippen molar-refractivity contribution in [2.45, 2.75) is 0 Å². The van der Waals surface area contributed by atoms with E-state index in [-0.39, 0.29) is 5.57 Å². The van der Waals surface area contributed by atoms with Gasteiger partial charge in [0, 0.05) is 6.08 Å². The molecule has 1 rings (SSSR count). The Balaban J connectivity index is 2.92. The van der Waals surface area contributed by atoms with Crippen LogP contribution in [0.5, 0.6) is 0 Å². The van der Waals surface area contributed by atoms with Gasteiger partial charge in [0.15, 0.2) is 0 Å². The third kappa shape index (κ3) is 4.25. The van der Waals surface area contributed by atoms with Crippen LogP contribution in [0.1, 0.15) is 5.56 Å². The van der Waals surface area contributed by atoms with Gasteiger partial charge in [-0.15, -0.1) is 0 Å². The summed E-state index contributed by atoms with van der Waals surface area (Å²) in [5, 5.41) is 0. The minimum absolute atomic E-state index is 0.133. The van der Waals surface area contributed by atoms with Gasteiger partial charge < -0.3 is 9.47 Å². The quantitative estimate of drug-likeness (QED) is 0.463. The molecule has 0 spiro atoms. The molecule has 0 aliphatic rings. The Morgan fingerprint density at radius 3 is 2.28 bits per heavy atom. The Kier molecular flexibility index (Phi) is 5.38. The second kappa shape index (κ2) is 7.06. The number of esters is 2. The first-order valence-corrected chi connectivity index (χ1v) is 5.28. The van der Waals surface area contributed by atoms with Crippen molar-refractivity contribution in [1.29, 1.82) is 0 Å². The molecule has 0 N–H and O–H groups in total. The third-order valence-electron chi connectivity index (χ3n) is 2.15. The monoisotopic (exact) mass is 246 g/mol. The fourth-order valence-corrected chi connectivity index (χ4v) is 1.23. The number of methoxy groups -OCH3 is 2. The number of ether oxygens (including phenoxy) is 2. The average Bonchev–Trinajstić information content (AvgIpc) is 2.43. The van der Waals surface area contributed by atoms with Crippen molar-refractivity contribution in [3.8, 4) is 0 Å². The number of benzene rings is 1. The van der Waals surface area contributed by atoms with Crippen molar-refractivity contribution in [3.05, 3.63) is 53.6 Å². The molecule has 0 fully saturated rings. The van der Waals surface area contributed by atoms with Gasteiger partial charge in [-0.2, -0.15) is 0 Å². The Morgan fingerprint density at radius 1 is 1.06 bits per heavy atom. The van der Waals surface area contributed by atoms with E-state index in [4.69, 9.17) is 0 Å². The van der Waals surface area contributed by atoms with Crippen molar-refractivity contribution < 1.29 is 19.1 Å². The van der Waals surface area contributed by atoms with Gasteiger partial charge in [0.25, 0.3) is 0 Å². The van der Waals surface area contributed by atoms with Crippen molar-refractivity contribution in [1.82, 2.24) is 0 Å². The minimum Gasteiger partial charge on any atom is -0.466 e. The van der Waals surface area contributed by atoms with Crippen LogP contribution in [0.3, 0.4) is 0 Å². The summed E-state index contributed by atoms with van der Waals surface area (Å²) in [4.78, 5) is 22.5. The molecule has 0 aromatic heterocycles. The predicted molar refractivity (Wildman–Crippen MR) is 67.6 cm³/mol. The van der Waals surface area contributed by atoms with Crippen LogP contribution >= 0.6 is 0 Å². The maximum absolute atomic E-state index is 11.4. The van der Waals surface area contributed by atoms with E-state index in [1.165, 1.54) is 20.3 Å². The molecule has 0 amide bonds. The lowest BCUT2D eigenvalue weighted by Crippen LogP contribution is -2.06. The molecule has 0 unspecified atom stereocenters. The molecular formula is C14H14O4. The zero-order chi connectivity index (χ0) is 13.4. The van der Waals surface area contributed by atoms with Gasteiger partial charge in [-0.1, -0.05) is 36.4 Å². The van der Waals surface area contributed by atoms with Crippen LogP contribution in [0.2, 0.25) is 0 Å². The van der Waals surface area contributed by atoms with Gasteiger partial charge in [0.05, 0.1) is 19.8 Å². The summed E-state index contributed by atoms with van der Waals surface area (Å²) in [5.41, 5.74) is 1.05. The maximum Gasteiger partial charge on any atom is 0.338 e. The third-order valence-corrected chi connectivity index (χ3v) is 2.15. The summed E-state index contributed by atoms with van der Waals surface area (Å²) in [6.45, 7) is 0. The van der Waals surface area contributed by atoms with Crippen LogP contribution in [0.4, 0.5) is 0 Å². The Hall–Kier alpha value is -2.36. The van der Waals surface area contributed by atoms with Crippen LogP contribution in [0.25, 0.3) is 6.08 Å². The molecule has 4 heteroatoms. The predicted octanol–water partition coefficient (Wildman–Crippen LogP) is 1.97. The molecule has 94 valence electrons. The highest BCUT2D eigenvalue weighted by Gasteiger charge is 2.08. The second-order valence-electron chi connectivity index (χ2n) is 3.36. The fourth-order valence-electron chi connectivity index (χ4n) is 1.23. The molecule has 0 heterocycles. The summed E-state index contributed by atoms with van der Waals surface area (Å²) in [6, 6.07) is 9.40. The van der Waals surface area contributed by atoms with E-state index in [1.54, 1.807) is 6.08 Å². The number of carbonyl (C=O) groups excluding carboxylic acids is 2. The minimum atomic E-state index is -0.604. The van der Waals surface area contributed by atoms with Gasteiger partial charge in [-0.3, -0.25) is 0 Å². The highest BCUT2D eigenvalue weighted by atomic mass is 16.5. The average molecular weight is 246 g/mol. The SMILES string of the molecule is COC(=O)/C=C(/C=C/c1ccccc1)C(=O)OC. The normalized spacial score (nSPS) is 11.3. The topological polar surface area (TPSA) is 52.6 Å². The second-order valence-corrected chi connectivity index (χ2v) is 3.36. The van der Waals surface area contributed by atoms with Gasteiger partial charge >= 0.3 is 11.9 Å². The van der Waals surface area contributed by atoms with Crippen LogP contribution in [-0.4, -0.2) is 26.2 Å². The molecule has 4 nitrogen and oxygen atoms in total. The van der Waals surface area contributed by atoms with Crippen LogP contribution in [0, 0.1) is 0 Å². The van der Waals surface area contributed by atoms with Gasteiger partial charge in [0.1, 0.15) is 0 Å². The molecule has 0 aliphatic heterocycles. The van der Waals surface area contributed by atoms with Crippen molar-refractivity contribution in [2.24, 2.45) is 0 Å². The largest absolute Gasteiger partial charge is 0.466 e. The van der Waals surface area contributed by atoms with E-state index in [0.29, 0.717) is 0 Å². The lowest BCUT2D eigenvalue weighted by Gasteiger charge is -1.99. The van der Waals surface area contributed by atoms with Crippen LogP contribution in [-0.2, 0) is 19.1 Å². The lowest BCUT2D eigenvalue weighted by molar-refractivity contribution is -0.138. The molecule has 0 bridgehead atoms. The Bertz CT molecular complexity index is 472. The highest BCUT2D eigenvalue weighted by molar-refractivity contribution is 5.99. The summed E-state index contributed by atoms with van der Waals surface area (Å²) >= 11 is 0. The zero-order valence-corrected chi connectivity index (χ0v) is 10.3. The zero-order valence-electron chi connectivity index (χ0n) is 10.3. The lowest BCUT2D eigenvalue weighted by atomic mass is 10.1. The van der Waals surface area contributed by atoms with Crippen LogP contribution in [0.15, 0.2) is 48.1 Å². The number of carbonyl (C=O) groups is 2.